The van der Waals surface area contributed by atoms with E-state index in [9.17, 15) is 4.79 Å². The zero-order valence-corrected chi connectivity index (χ0v) is 17.1. The van der Waals surface area contributed by atoms with Gasteiger partial charge in [-0.25, -0.2) is 0 Å². The highest BCUT2D eigenvalue weighted by molar-refractivity contribution is 6.31. The molecule has 29 heavy (non-hydrogen) atoms. The second kappa shape index (κ2) is 8.66. The maximum atomic E-state index is 12.3. The monoisotopic (exact) mass is 406 g/mol. The average molecular weight is 407 g/mol. The molecule has 148 valence electrons. The number of hydrogen-bond acceptors (Lipinski definition) is 3. The lowest BCUT2D eigenvalue weighted by Crippen LogP contribution is -2.34. The number of para-hydroxylation sites is 1. The third-order valence-corrected chi connectivity index (χ3v) is 5.57. The first-order valence-corrected chi connectivity index (χ1v) is 10.2. The van der Waals surface area contributed by atoms with Crippen LogP contribution in [0.1, 0.15) is 23.1 Å². The van der Waals surface area contributed by atoms with E-state index in [-0.39, 0.29) is 12.0 Å². The Labute approximate surface area is 175 Å². The van der Waals surface area contributed by atoms with Crippen LogP contribution < -0.4 is 10.1 Å². The van der Waals surface area contributed by atoms with E-state index in [0.29, 0.717) is 24.4 Å². The zero-order valence-electron chi connectivity index (χ0n) is 16.3. The summed E-state index contributed by atoms with van der Waals surface area (Å²) >= 11 is 6.16. The van der Waals surface area contributed by atoms with Gasteiger partial charge in [0.1, 0.15) is 11.9 Å². The molecule has 1 aromatic heterocycles. The Bertz CT molecular complexity index is 1030. The summed E-state index contributed by atoms with van der Waals surface area (Å²) in [4.78, 5) is 16.8. The molecule has 0 saturated carbocycles. The summed E-state index contributed by atoms with van der Waals surface area (Å²) in [5.41, 5.74) is 5.20. The third kappa shape index (κ3) is 4.43. The Morgan fingerprint density at radius 2 is 2.03 bits per heavy atom. The number of amides is 1. The predicted octanol–water partition coefficient (Wildman–Crippen LogP) is 4.76. The van der Waals surface area contributed by atoms with Crippen LogP contribution in [-0.2, 0) is 17.6 Å². The summed E-state index contributed by atoms with van der Waals surface area (Å²) in [7, 11) is 0. The number of aromatic nitrogens is 1. The van der Waals surface area contributed by atoms with E-state index in [0.717, 1.165) is 40.1 Å². The van der Waals surface area contributed by atoms with Gasteiger partial charge in [-0.15, -0.1) is 0 Å². The van der Waals surface area contributed by atoms with Gasteiger partial charge in [-0.3, -0.25) is 9.78 Å². The van der Waals surface area contributed by atoms with Crippen molar-refractivity contribution in [1.29, 1.82) is 0 Å². The van der Waals surface area contributed by atoms with Crippen molar-refractivity contribution in [2.24, 2.45) is 0 Å². The first-order chi connectivity index (χ1) is 14.1. The van der Waals surface area contributed by atoms with Crippen molar-refractivity contribution in [3.8, 4) is 17.0 Å². The summed E-state index contributed by atoms with van der Waals surface area (Å²) in [5, 5.41) is 3.70. The molecule has 4 nitrogen and oxygen atoms in total. The number of aryl methyl sites for hydroxylation is 2. The van der Waals surface area contributed by atoms with E-state index in [1.807, 2.05) is 55.5 Å². The minimum Gasteiger partial charge on any atom is -0.487 e. The molecule has 3 aromatic rings. The van der Waals surface area contributed by atoms with Gasteiger partial charge in [-0.2, -0.15) is 0 Å². The number of nitrogens with one attached hydrogen (secondary N) is 1. The Morgan fingerprint density at radius 3 is 2.86 bits per heavy atom. The lowest BCUT2D eigenvalue weighted by molar-refractivity contribution is -0.121. The standard InChI is InChI=1S/C24H23ClN2O2/c1-16-6-5-13-26-23(16)20-9-4-8-18-14-19(29-24(18)20)15-27-22(28)12-11-17-7-2-3-10-21(17)25/h2-10,13,19H,11-12,14-15H2,1H3,(H,27,28)/t19-/m0/s1. The van der Waals surface area contributed by atoms with Crippen LogP contribution in [0.4, 0.5) is 0 Å². The van der Waals surface area contributed by atoms with E-state index in [4.69, 9.17) is 16.3 Å². The number of halogens is 1. The van der Waals surface area contributed by atoms with Crippen molar-refractivity contribution >= 4 is 17.5 Å². The molecule has 1 N–H and O–H groups in total. The lowest BCUT2D eigenvalue weighted by Gasteiger charge is -2.14. The fourth-order valence-electron chi connectivity index (χ4n) is 3.67. The summed E-state index contributed by atoms with van der Waals surface area (Å²) in [6.07, 6.45) is 3.54. The predicted molar refractivity (Wildman–Crippen MR) is 115 cm³/mol. The number of hydrogen-bond donors (Lipinski definition) is 1. The molecule has 5 heteroatoms. The molecule has 0 radical (unpaired) electrons. The third-order valence-electron chi connectivity index (χ3n) is 5.20. The van der Waals surface area contributed by atoms with E-state index in [1.165, 1.54) is 0 Å². The molecule has 1 amide bonds. The van der Waals surface area contributed by atoms with Crippen molar-refractivity contribution in [3.63, 3.8) is 0 Å². The average Bonchev–Trinajstić information content (AvgIpc) is 3.15. The largest absolute Gasteiger partial charge is 0.487 e. The molecule has 0 bridgehead atoms. The Hall–Kier alpha value is -2.85. The van der Waals surface area contributed by atoms with E-state index >= 15 is 0 Å². The lowest BCUT2D eigenvalue weighted by atomic mass is 10.0. The number of carbonyl (C=O) groups is 1. The molecule has 0 spiro atoms. The van der Waals surface area contributed by atoms with Crippen molar-refractivity contribution in [2.45, 2.75) is 32.3 Å². The van der Waals surface area contributed by atoms with Crippen LogP contribution >= 0.6 is 11.6 Å². The van der Waals surface area contributed by atoms with Crippen LogP contribution in [0.25, 0.3) is 11.3 Å². The smallest absolute Gasteiger partial charge is 0.220 e. The zero-order chi connectivity index (χ0) is 20.2. The first-order valence-electron chi connectivity index (χ1n) is 9.82. The highest BCUT2D eigenvalue weighted by Gasteiger charge is 2.26. The van der Waals surface area contributed by atoms with Crippen LogP contribution in [0, 0.1) is 6.92 Å². The Balaban J connectivity index is 1.36. The summed E-state index contributed by atoms with van der Waals surface area (Å²) in [6.45, 7) is 2.53. The van der Waals surface area contributed by atoms with Crippen molar-refractivity contribution in [1.82, 2.24) is 10.3 Å². The topological polar surface area (TPSA) is 51.2 Å². The van der Waals surface area contributed by atoms with Crippen LogP contribution in [0.2, 0.25) is 5.02 Å². The van der Waals surface area contributed by atoms with E-state index in [1.54, 1.807) is 6.20 Å². The molecule has 0 aliphatic carbocycles. The molecule has 0 saturated heterocycles. The molecule has 0 unspecified atom stereocenters. The van der Waals surface area contributed by atoms with Gasteiger partial charge in [0.2, 0.25) is 5.91 Å². The maximum Gasteiger partial charge on any atom is 0.220 e. The number of pyridine rings is 1. The molecule has 0 fully saturated rings. The number of carbonyl (C=O) groups excluding carboxylic acids is 1. The van der Waals surface area contributed by atoms with Crippen LogP contribution in [0.3, 0.4) is 0 Å². The number of ether oxygens (including phenoxy) is 1. The molecule has 1 aliphatic rings. The summed E-state index contributed by atoms with van der Waals surface area (Å²) in [6, 6.07) is 17.8. The van der Waals surface area contributed by atoms with Gasteiger partial charge in [0.15, 0.2) is 0 Å². The SMILES string of the molecule is Cc1cccnc1-c1cccc2c1O[C@H](CNC(=O)CCc1ccccc1Cl)C2. The summed E-state index contributed by atoms with van der Waals surface area (Å²) in [5.74, 6) is 0.884. The molecule has 1 atom stereocenters. The number of benzene rings is 2. The fraction of sp³-hybridized carbons (Fsp3) is 0.250. The maximum absolute atomic E-state index is 12.3. The molecule has 1 aliphatic heterocycles. The molecular weight excluding hydrogens is 384 g/mol. The van der Waals surface area contributed by atoms with Crippen molar-refractivity contribution in [2.75, 3.05) is 6.54 Å². The van der Waals surface area contributed by atoms with Gasteiger partial charge in [0.25, 0.3) is 0 Å². The quantitative estimate of drug-likeness (QED) is 0.641. The minimum atomic E-state index is -0.0700. The van der Waals surface area contributed by atoms with Gasteiger partial charge in [-0.1, -0.05) is 48.0 Å². The van der Waals surface area contributed by atoms with Gasteiger partial charge in [0, 0.05) is 29.6 Å². The first kappa shape index (κ1) is 19.5. The second-order valence-corrected chi connectivity index (χ2v) is 7.71. The van der Waals surface area contributed by atoms with E-state index < -0.39 is 0 Å². The van der Waals surface area contributed by atoms with Crippen LogP contribution in [0.5, 0.6) is 5.75 Å². The van der Waals surface area contributed by atoms with Gasteiger partial charge in [-0.05, 0) is 48.2 Å². The highest BCUT2D eigenvalue weighted by Crippen LogP contribution is 2.38. The minimum absolute atomic E-state index is 0.00488. The Morgan fingerprint density at radius 1 is 1.17 bits per heavy atom. The number of rotatable bonds is 6. The Kier molecular flexibility index (Phi) is 5.81. The van der Waals surface area contributed by atoms with Crippen molar-refractivity contribution in [3.05, 3.63) is 82.5 Å². The molecule has 2 heterocycles. The molecular formula is C24H23ClN2O2. The fourth-order valence-corrected chi connectivity index (χ4v) is 3.90. The highest BCUT2D eigenvalue weighted by atomic mass is 35.5. The second-order valence-electron chi connectivity index (χ2n) is 7.30. The van der Waals surface area contributed by atoms with Gasteiger partial charge < -0.3 is 10.1 Å². The summed E-state index contributed by atoms with van der Waals surface area (Å²) < 4.78 is 6.20. The van der Waals surface area contributed by atoms with Gasteiger partial charge >= 0.3 is 0 Å². The van der Waals surface area contributed by atoms with Crippen LogP contribution in [-0.4, -0.2) is 23.5 Å². The van der Waals surface area contributed by atoms with Gasteiger partial charge in [0.05, 0.1) is 12.2 Å². The number of nitrogens with zero attached hydrogens (tertiary/aromatic N) is 1. The van der Waals surface area contributed by atoms with Crippen molar-refractivity contribution < 1.29 is 9.53 Å². The molecule has 2 aromatic carbocycles. The number of fused-ring (bicyclic) bond motifs is 1. The molecule has 4 rings (SSSR count). The van der Waals surface area contributed by atoms with E-state index in [2.05, 4.69) is 16.4 Å². The van der Waals surface area contributed by atoms with Crippen LogP contribution in [0.15, 0.2) is 60.8 Å². The normalized spacial score (nSPS) is 14.9.